The minimum atomic E-state index is 0.0152. The fraction of sp³-hybridized carbons (Fsp3) is 0.444. The zero-order valence-electron chi connectivity index (χ0n) is 7.87. The molecule has 0 aliphatic heterocycles. The Bertz CT molecular complexity index is 293. The van der Waals surface area contributed by atoms with E-state index < -0.39 is 0 Å². The van der Waals surface area contributed by atoms with Crippen molar-refractivity contribution in [3.8, 4) is 0 Å². The number of rotatable bonds is 3. The van der Waals surface area contributed by atoms with E-state index in [1.807, 2.05) is 19.2 Å². The number of pyridine rings is 1. The Morgan fingerprint density at radius 2 is 2.31 bits per heavy atom. The summed E-state index contributed by atoms with van der Waals surface area (Å²) in [5.41, 5.74) is 0.989. The summed E-state index contributed by atoms with van der Waals surface area (Å²) in [5, 5.41) is 1.62. The summed E-state index contributed by atoms with van der Waals surface area (Å²) >= 11 is 7.57. The van der Waals surface area contributed by atoms with E-state index in [9.17, 15) is 0 Å². The van der Waals surface area contributed by atoms with Gasteiger partial charge >= 0.3 is 0 Å². The lowest BCUT2D eigenvalue weighted by Gasteiger charge is -2.11. The topological polar surface area (TPSA) is 22.1 Å². The van der Waals surface area contributed by atoms with Crippen molar-refractivity contribution >= 4 is 23.4 Å². The van der Waals surface area contributed by atoms with Gasteiger partial charge in [0.15, 0.2) is 0 Å². The van der Waals surface area contributed by atoms with E-state index in [1.54, 1.807) is 25.1 Å². The number of thioether (sulfide) groups is 1. The third-order valence-electron chi connectivity index (χ3n) is 1.86. The van der Waals surface area contributed by atoms with Crippen LogP contribution in [0.2, 0.25) is 5.02 Å². The Morgan fingerprint density at radius 3 is 2.85 bits per heavy atom. The van der Waals surface area contributed by atoms with Gasteiger partial charge in [-0.25, -0.2) is 4.98 Å². The highest BCUT2D eigenvalue weighted by atomic mass is 35.5. The molecule has 2 nitrogen and oxygen atoms in total. The molecule has 0 saturated heterocycles. The molecule has 13 heavy (non-hydrogen) atoms. The van der Waals surface area contributed by atoms with E-state index >= 15 is 0 Å². The Kier molecular flexibility index (Phi) is 4.03. The molecule has 1 heterocycles. The van der Waals surface area contributed by atoms with Crippen molar-refractivity contribution in [2.24, 2.45) is 0 Å². The Labute approximate surface area is 87.7 Å². The summed E-state index contributed by atoms with van der Waals surface area (Å²) in [4.78, 5) is 4.15. The second-order valence-corrected chi connectivity index (χ2v) is 3.86. The zero-order valence-corrected chi connectivity index (χ0v) is 9.45. The Balaban J connectivity index is 3.03. The Hall–Kier alpha value is -0.250. The molecule has 0 aromatic carbocycles. The molecule has 0 aliphatic carbocycles. The molecule has 4 heteroatoms. The normalized spacial score (nSPS) is 12.9. The molecule has 1 aromatic rings. The van der Waals surface area contributed by atoms with Crippen molar-refractivity contribution in [1.82, 2.24) is 4.98 Å². The van der Waals surface area contributed by atoms with E-state index in [1.165, 1.54) is 0 Å². The van der Waals surface area contributed by atoms with Gasteiger partial charge in [0.25, 0.3) is 0 Å². The molecular formula is C9H12ClNOS. The van der Waals surface area contributed by atoms with Gasteiger partial charge in [-0.15, -0.1) is 11.8 Å². The van der Waals surface area contributed by atoms with Gasteiger partial charge in [-0.05, 0) is 19.2 Å². The maximum Gasteiger partial charge on any atom is 0.0961 e. The second kappa shape index (κ2) is 4.84. The summed E-state index contributed by atoms with van der Waals surface area (Å²) in [6.45, 7) is 1.96. The Morgan fingerprint density at radius 1 is 1.62 bits per heavy atom. The van der Waals surface area contributed by atoms with Crippen LogP contribution in [0.3, 0.4) is 0 Å². The molecule has 0 aliphatic rings. The van der Waals surface area contributed by atoms with Gasteiger partial charge in [-0.3, -0.25) is 0 Å². The van der Waals surface area contributed by atoms with Gasteiger partial charge in [0.2, 0.25) is 0 Å². The minimum Gasteiger partial charge on any atom is -0.377 e. The molecule has 0 radical (unpaired) electrons. The molecule has 0 spiro atoms. The van der Waals surface area contributed by atoms with Crippen LogP contribution in [-0.2, 0) is 4.74 Å². The van der Waals surface area contributed by atoms with Gasteiger partial charge in [0, 0.05) is 18.9 Å². The molecule has 72 valence electrons. The molecule has 0 fully saturated rings. The van der Waals surface area contributed by atoms with Crippen LogP contribution in [0.15, 0.2) is 17.3 Å². The molecule has 1 unspecified atom stereocenters. The molecule has 1 aromatic heterocycles. The molecule has 0 bridgehead atoms. The molecule has 1 atom stereocenters. The van der Waals surface area contributed by atoms with E-state index in [2.05, 4.69) is 4.98 Å². The first-order chi connectivity index (χ1) is 6.19. The lowest BCUT2D eigenvalue weighted by Crippen LogP contribution is -1.98. The van der Waals surface area contributed by atoms with Gasteiger partial charge in [-0.2, -0.15) is 0 Å². The van der Waals surface area contributed by atoms with Crippen molar-refractivity contribution < 1.29 is 4.74 Å². The number of methoxy groups -OCH3 is 1. The first kappa shape index (κ1) is 10.8. The maximum atomic E-state index is 5.98. The number of halogens is 1. The summed E-state index contributed by atoms with van der Waals surface area (Å²) in [7, 11) is 1.67. The third kappa shape index (κ3) is 2.59. The minimum absolute atomic E-state index is 0.0152. The van der Waals surface area contributed by atoms with Gasteiger partial charge in [0.1, 0.15) is 0 Å². The fourth-order valence-electron chi connectivity index (χ4n) is 0.984. The highest BCUT2D eigenvalue weighted by molar-refractivity contribution is 7.98. The smallest absolute Gasteiger partial charge is 0.0961 e. The fourth-order valence-corrected chi connectivity index (χ4v) is 1.64. The van der Waals surface area contributed by atoms with Crippen LogP contribution in [0, 0.1) is 0 Å². The second-order valence-electron chi connectivity index (χ2n) is 2.63. The van der Waals surface area contributed by atoms with Crippen molar-refractivity contribution in [2.75, 3.05) is 13.4 Å². The maximum absolute atomic E-state index is 5.98. The summed E-state index contributed by atoms with van der Waals surface area (Å²) < 4.78 is 5.20. The number of hydrogen-bond acceptors (Lipinski definition) is 3. The van der Waals surface area contributed by atoms with Crippen LogP contribution in [-0.4, -0.2) is 18.3 Å². The van der Waals surface area contributed by atoms with Crippen LogP contribution in [0.4, 0.5) is 0 Å². The quantitative estimate of drug-likeness (QED) is 0.727. The standard InChI is InChI=1S/C9H12ClNOS/c1-6(12-2)7-4-9(13-3)11-5-8(7)10/h4-6H,1-3H3. The van der Waals surface area contributed by atoms with Crippen LogP contribution in [0.5, 0.6) is 0 Å². The van der Waals surface area contributed by atoms with E-state index in [4.69, 9.17) is 16.3 Å². The summed E-state index contributed by atoms with van der Waals surface area (Å²) in [6.07, 6.45) is 3.66. The van der Waals surface area contributed by atoms with Crippen LogP contribution in [0.1, 0.15) is 18.6 Å². The average molecular weight is 218 g/mol. The number of aromatic nitrogens is 1. The highest BCUT2D eigenvalue weighted by Gasteiger charge is 2.09. The van der Waals surface area contributed by atoms with E-state index in [-0.39, 0.29) is 6.10 Å². The first-order valence-corrected chi connectivity index (χ1v) is 5.51. The molecular weight excluding hydrogens is 206 g/mol. The van der Waals surface area contributed by atoms with Crippen molar-refractivity contribution in [3.05, 3.63) is 22.8 Å². The molecule has 0 amide bonds. The van der Waals surface area contributed by atoms with Crippen molar-refractivity contribution in [1.29, 1.82) is 0 Å². The monoisotopic (exact) mass is 217 g/mol. The van der Waals surface area contributed by atoms with Crippen molar-refractivity contribution in [2.45, 2.75) is 18.1 Å². The number of ether oxygens (including phenoxy) is 1. The third-order valence-corrected chi connectivity index (χ3v) is 2.82. The van der Waals surface area contributed by atoms with Crippen LogP contribution in [0.25, 0.3) is 0 Å². The molecule has 0 N–H and O–H groups in total. The van der Waals surface area contributed by atoms with Crippen LogP contribution >= 0.6 is 23.4 Å². The van der Waals surface area contributed by atoms with Gasteiger partial charge < -0.3 is 4.74 Å². The summed E-state index contributed by atoms with van der Waals surface area (Å²) in [6, 6.07) is 1.96. The van der Waals surface area contributed by atoms with Crippen molar-refractivity contribution in [3.63, 3.8) is 0 Å². The average Bonchev–Trinajstić information content (AvgIpc) is 2.17. The predicted octanol–water partition coefficient (Wildman–Crippen LogP) is 3.16. The van der Waals surface area contributed by atoms with Gasteiger partial charge in [-0.1, -0.05) is 11.6 Å². The highest BCUT2D eigenvalue weighted by Crippen LogP contribution is 2.27. The van der Waals surface area contributed by atoms with Crippen LogP contribution < -0.4 is 0 Å². The lowest BCUT2D eigenvalue weighted by atomic mass is 10.2. The van der Waals surface area contributed by atoms with E-state index in [0.717, 1.165) is 10.6 Å². The summed E-state index contributed by atoms with van der Waals surface area (Å²) in [5.74, 6) is 0. The number of nitrogens with zero attached hydrogens (tertiary/aromatic N) is 1. The first-order valence-electron chi connectivity index (χ1n) is 3.91. The zero-order chi connectivity index (χ0) is 9.84. The SMILES string of the molecule is COC(C)c1cc(SC)ncc1Cl. The number of hydrogen-bond donors (Lipinski definition) is 0. The molecule has 0 saturated carbocycles. The van der Waals surface area contributed by atoms with E-state index in [0.29, 0.717) is 5.02 Å². The van der Waals surface area contributed by atoms with Gasteiger partial charge in [0.05, 0.1) is 16.2 Å². The predicted molar refractivity (Wildman–Crippen MR) is 56.5 cm³/mol. The largest absolute Gasteiger partial charge is 0.377 e. The molecule has 1 rings (SSSR count). The lowest BCUT2D eigenvalue weighted by molar-refractivity contribution is 0.119.